The number of carbonyl (C=O) groups is 1. The lowest BCUT2D eigenvalue weighted by Gasteiger charge is -2.18. The number of hydrogen-bond acceptors (Lipinski definition) is 3. The molecule has 0 unspecified atom stereocenters. The number of carboxylic acid groups (broad SMARTS) is 1. The largest absolute Gasteiger partial charge is 0.546 e. The number of aliphatic carboxylic acids is 1. The summed E-state index contributed by atoms with van der Waals surface area (Å²) >= 11 is 0. The molecule has 0 spiro atoms. The molecule has 1 aromatic rings. The summed E-state index contributed by atoms with van der Waals surface area (Å²) in [4.78, 5) is 10.7. The zero-order chi connectivity index (χ0) is 11.4. The van der Waals surface area contributed by atoms with Crippen molar-refractivity contribution >= 4 is 5.97 Å². The molecule has 0 aromatic heterocycles. The van der Waals surface area contributed by atoms with Gasteiger partial charge in [0.25, 0.3) is 0 Å². The van der Waals surface area contributed by atoms with Crippen LogP contribution in [0.15, 0.2) is 18.2 Å². The molecule has 15 heavy (non-hydrogen) atoms. The monoisotopic (exact) mass is 207 g/mol. The van der Waals surface area contributed by atoms with Crippen molar-refractivity contribution in [3.05, 3.63) is 29.3 Å². The summed E-state index contributed by atoms with van der Waals surface area (Å²) in [5.74, 6) is -0.583. The molecule has 0 aliphatic heterocycles. The van der Waals surface area contributed by atoms with Gasteiger partial charge in [-0.2, -0.15) is 0 Å². The van der Waals surface area contributed by atoms with E-state index in [4.69, 9.17) is 4.74 Å². The van der Waals surface area contributed by atoms with Gasteiger partial charge in [-0.25, -0.2) is 0 Å². The van der Waals surface area contributed by atoms with Crippen molar-refractivity contribution in [2.45, 2.75) is 33.3 Å². The van der Waals surface area contributed by atoms with E-state index in [1.807, 2.05) is 32.0 Å². The van der Waals surface area contributed by atoms with Crippen molar-refractivity contribution in [1.82, 2.24) is 0 Å². The van der Waals surface area contributed by atoms with Crippen molar-refractivity contribution in [1.29, 1.82) is 0 Å². The van der Waals surface area contributed by atoms with Gasteiger partial charge in [-0.05, 0) is 43.5 Å². The topological polar surface area (TPSA) is 49.4 Å². The van der Waals surface area contributed by atoms with Crippen LogP contribution in [-0.2, 0) is 4.79 Å². The average Bonchev–Trinajstić information content (AvgIpc) is 2.12. The van der Waals surface area contributed by atoms with E-state index in [-0.39, 0.29) is 0 Å². The van der Waals surface area contributed by atoms with Crippen LogP contribution in [0.3, 0.4) is 0 Å². The van der Waals surface area contributed by atoms with Gasteiger partial charge in [0, 0.05) is 0 Å². The zero-order valence-corrected chi connectivity index (χ0v) is 9.24. The molecule has 0 fully saturated rings. The number of ether oxygens (including phenoxy) is 1. The van der Waals surface area contributed by atoms with Gasteiger partial charge in [0.1, 0.15) is 11.9 Å². The molecule has 0 saturated carbocycles. The minimum atomic E-state index is -1.17. The van der Waals surface area contributed by atoms with E-state index >= 15 is 0 Å². The zero-order valence-electron chi connectivity index (χ0n) is 9.24. The molecule has 0 amide bonds. The van der Waals surface area contributed by atoms with Crippen LogP contribution in [0.2, 0.25) is 0 Å². The molecular formula is C12H15O3-. The Hall–Kier alpha value is -1.51. The molecule has 3 heteroatoms. The minimum Gasteiger partial charge on any atom is -0.546 e. The van der Waals surface area contributed by atoms with E-state index in [0.29, 0.717) is 12.2 Å². The lowest BCUT2D eigenvalue weighted by atomic mass is 10.1. The van der Waals surface area contributed by atoms with Gasteiger partial charge in [-0.1, -0.05) is 13.0 Å². The third-order valence-corrected chi connectivity index (χ3v) is 2.11. The molecular weight excluding hydrogens is 192 g/mol. The van der Waals surface area contributed by atoms with Crippen LogP contribution in [0.25, 0.3) is 0 Å². The fourth-order valence-electron chi connectivity index (χ4n) is 1.46. The van der Waals surface area contributed by atoms with Crippen LogP contribution in [-0.4, -0.2) is 12.1 Å². The second-order valence-corrected chi connectivity index (χ2v) is 3.66. The Kier molecular flexibility index (Phi) is 3.72. The smallest absolute Gasteiger partial charge is 0.138 e. The number of benzene rings is 1. The van der Waals surface area contributed by atoms with Crippen molar-refractivity contribution in [2.75, 3.05) is 0 Å². The Bertz CT molecular complexity index is 338. The molecule has 0 bridgehead atoms. The van der Waals surface area contributed by atoms with E-state index in [1.54, 1.807) is 6.92 Å². The molecule has 0 N–H and O–H groups in total. The maximum atomic E-state index is 10.7. The maximum Gasteiger partial charge on any atom is 0.138 e. The van der Waals surface area contributed by atoms with Crippen molar-refractivity contribution in [3.8, 4) is 5.75 Å². The third kappa shape index (κ3) is 3.27. The summed E-state index contributed by atoms with van der Waals surface area (Å²) in [6.07, 6.45) is -0.471. The van der Waals surface area contributed by atoms with E-state index in [9.17, 15) is 9.90 Å². The Morgan fingerprint density at radius 1 is 1.33 bits per heavy atom. The fourth-order valence-corrected chi connectivity index (χ4v) is 1.46. The highest BCUT2D eigenvalue weighted by Crippen LogP contribution is 2.18. The maximum absolute atomic E-state index is 10.7. The summed E-state index contributed by atoms with van der Waals surface area (Å²) in [6.45, 7) is 5.64. The molecule has 82 valence electrons. The summed E-state index contributed by atoms with van der Waals surface area (Å²) < 4.78 is 5.32. The van der Waals surface area contributed by atoms with Crippen molar-refractivity contribution in [2.24, 2.45) is 0 Å². The van der Waals surface area contributed by atoms with E-state index in [1.165, 1.54) is 0 Å². The van der Waals surface area contributed by atoms with E-state index in [2.05, 4.69) is 0 Å². The van der Waals surface area contributed by atoms with E-state index in [0.717, 1.165) is 11.1 Å². The Labute approximate surface area is 89.7 Å². The number of hydrogen-bond donors (Lipinski definition) is 0. The number of carbonyl (C=O) groups excluding carboxylic acids is 1. The Balaban J connectivity index is 2.83. The quantitative estimate of drug-likeness (QED) is 0.745. The number of rotatable bonds is 4. The molecule has 1 atom stereocenters. The normalized spacial score (nSPS) is 12.2. The van der Waals surface area contributed by atoms with Gasteiger partial charge in [0.15, 0.2) is 0 Å². The van der Waals surface area contributed by atoms with Crippen molar-refractivity contribution in [3.63, 3.8) is 0 Å². The second kappa shape index (κ2) is 4.82. The molecule has 0 aliphatic rings. The fraction of sp³-hybridized carbons (Fsp3) is 0.417. The predicted octanol–water partition coefficient (Wildman–Crippen LogP) is 1.21. The highest BCUT2D eigenvalue weighted by Gasteiger charge is 2.09. The summed E-state index contributed by atoms with van der Waals surface area (Å²) in [6, 6.07) is 5.64. The van der Waals surface area contributed by atoms with E-state index < -0.39 is 12.1 Å². The van der Waals surface area contributed by atoms with Crippen LogP contribution < -0.4 is 9.84 Å². The highest BCUT2D eigenvalue weighted by molar-refractivity contribution is 5.70. The standard InChI is InChI=1S/C12H16O3/c1-4-11(12(13)14)15-10-6-8(2)5-9(3)7-10/h5-7,11H,4H2,1-3H3,(H,13,14)/p-1/t11-/m1/s1. The van der Waals surface area contributed by atoms with Crippen LogP contribution in [0.5, 0.6) is 5.75 Å². The van der Waals surface area contributed by atoms with Crippen LogP contribution in [0, 0.1) is 13.8 Å². The Morgan fingerprint density at radius 3 is 2.27 bits per heavy atom. The number of carboxylic acids is 1. The van der Waals surface area contributed by atoms with Crippen LogP contribution in [0.1, 0.15) is 24.5 Å². The van der Waals surface area contributed by atoms with Gasteiger partial charge in [-0.15, -0.1) is 0 Å². The molecule has 0 aliphatic carbocycles. The van der Waals surface area contributed by atoms with Gasteiger partial charge in [-0.3, -0.25) is 0 Å². The SMILES string of the molecule is CC[C@@H](Oc1cc(C)cc(C)c1)C(=O)[O-]. The first-order valence-electron chi connectivity index (χ1n) is 4.98. The first-order chi connectivity index (χ1) is 7.02. The molecule has 0 heterocycles. The van der Waals surface area contributed by atoms with Gasteiger partial charge in [0.2, 0.25) is 0 Å². The highest BCUT2D eigenvalue weighted by atomic mass is 16.5. The summed E-state index contributed by atoms with van der Waals surface area (Å²) in [5.41, 5.74) is 2.11. The molecule has 1 aromatic carbocycles. The van der Waals surface area contributed by atoms with Crippen LogP contribution in [0.4, 0.5) is 0 Å². The van der Waals surface area contributed by atoms with Gasteiger partial charge < -0.3 is 14.6 Å². The molecule has 0 radical (unpaired) electrons. The third-order valence-electron chi connectivity index (χ3n) is 2.11. The lowest BCUT2D eigenvalue weighted by molar-refractivity contribution is -0.313. The van der Waals surface area contributed by atoms with Crippen LogP contribution >= 0.6 is 0 Å². The van der Waals surface area contributed by atoms with Crippen molar-refractivity contribution < 1.29 is 14.6 Å². The molecule has 1 rings (SSSR count). The van der Waals surface area contributed by atoms with Gasteiger partial charge >= 0.3 is 0 Å². The average molecular weight is 207 g/mol. The number of aryl methyl sites for hydroxylation is 2. The predicted molar refractivity (Wildman–Crippen MR) is 55.6 cm³/mol. The first kappa shape index (κ1) is 11.6. The van der Waals surface area contributed by atoms with Gasteiger partial charge in [0.05, 0.1) is 5.97 Å². The Morgan fingerprint density at radius 2 is 1.87 bits per heavy atom. The second-order valence-electron chi connectivity index (χ2n) is 3.66. The minimum absolute atomic E-state index is 0.398. The summed E-state index contributed by atoms with van der Waals surface area (Å²) in [5, 5.41) is 10.7. The molecule has 3 nitrogen and oxygen atoms in total. The summed E-state index contributed by atoms with van der Waals surface area (Å²) in [7, 11) is 0. The molecule has 0 saturated heterocycles. The lowest BCUT2D eigenvalue weighted by Crippen LogP contribution is -2.39. The first-order valence-corrected chi connectivity index (χ1v) is 4.98.